The van der Waals surface area contributed by atoms with Crippen molar-refractivity contribution < 1.29 is 36.2 Å². The third-order valence-corrected chi connectivity index (χ3v) is 4.98. The molecule has 32 heavy (non-hydrogen) atoms. The summed E-state index contributed by atoms with van der Waals surface area (Å²) >= 11 is 3.36. The number of ether oxygens (including phenoxy) is 2. The number of carbonyl (C=O) groups is 1. The molecule has 2 aromatic carbocycles. The molecule has 1 aliphatic heterocycles. The average Bonchev–Trinajstić information content (AvgIpc) is 3.02. The van der Waals surface area contributed by atoms with Gasteiger partial charge in [-0.3, -0.25) is 4.79 Å². The van der Waals surface area contributed by atoms with Crippen LogP contribution in [0.1, 0.15) is 26.3 Å². The van der Waals surface area contributed by atoms with E-state index in [-0.39, 0.29) is 16.3 Å². The van der Waals surface area contributed by atoms with Gasteiger partial charge in [-0.25, -0.2) is 22.0 Å². The maximum atomic E-state index is 14.2. The second-order valence-corrected chi connectivity index (χ2v) is 7.33. The van der Waals surface area contributed by atoms with Gasteiger partial charge in [-0.15, -0.1) is 0 Å². The van der Waals surface area contributed by atoms with Crippen molar-refractivity contribution in [3.05, 3.63) is 56.8 Å². The van der Waals surface area contributed by atoms with Crippen molar-refractivity contribution in [1.29, 1.82) is 0 Å². The molecule has 170 valence electrons. The first-order chi connectivity index (χ1) is 15.1. The zero-order chi connectivity index (χ0) is 23.7. The maximum absolute atomic E-state index is 14.2. The van der Waals surface area contributed by atoms with Crippen LogP contribution in [-0.2, 0) is 4.79 Å². The molecule has 3 rings (SSSR count). The van der Waals surface area contributed by atoms with Crippen molar-refractivity contribution in [3.63, 3.8) is 0 Å². The van der Waals surface area contributed by atoms with Crippen LogP contribution >= 0.6 is 15.9 Å². The minimum atomic E-state index is -2.32. The zero-order valence-electron chi connectivity index (χ0n) is 17.0. The van der Waals surface area contributed by atoms with Crippen LogP contribution in [0.3, 0.4) is 0 Å². The number of benzene rings is 2. The van der Waals surface area contributed by atoms with Crippen molar-refractivity contribution in [2.75, 3.05) is 18.2 Å². The maximum Gasteiger partial charge on any atom is 0.280 e. The number of rotatable bonds is 6. The van der Waals surface area contributed by atoms with Crippen LogP contribution in [0.5, 0.6) is 11.5 Å². The van der Waals surface area contributed by atoms with E-state index in [1.54, 1.807) is 26.0 Å². The lowest BCUT2D eigenvalue weighted by molar-refractivity contribution is -0.114. The van der Waals surface area contributed by atoms with E-state index in [0.717, 1.165) is 0 Å². The summed E-state index contributed by atoms with van der Waals surface area (Å²) in [5, 5.41) is 3.87. The summed E-state index contributed by atoms with van der Waals surface area (Å²) in [5.74, 6) is -11.2. The number of hydrogen-bond acceptors (Lipinski definition) is 4. The van der Waals surface area contributed by atoms with Crippen molar-refractivity contribution >= 4 is 39.3 Å². The van der Waals surface area contributed by atoms with Gasteiger partial charge in [0, 0.05) is 0 Å². The Kier molecular flexibility index (Phi) is 6.87. The summed E-state index contributed by atoms with van der Waals surface area (Å²) in [6.45, 7) is 5.64. The van der Waals surface area contributed by atoms with Crippen molar-refractivity contribution in [2.24, 2.45) is 5.10 Å². The van der Waals surface area contributed by atoms with Crippen molar-refractivity contribution in [1.82, 2.24) is 0 Å². The molecule has 0 radical (unpaired) electrons. The van der Waals surface area contributed by atoms with Gasteiger partial charge >= 0.3 is 0 Å². The highest BCUT2D eigenvalue weighted by molar-refractivity contribution is 9.10. The molecule has 1 aliphatic rings. The van der Waals surface area contributed by atoms with E-state index < -0.39 is 40.7 Å². The van der Waals surface area contributed by atoms with Crippen molar-refractivity contribution in [3.8, 4) is 11.5 Å². The fraction of sp³-hybridized carbons (Fsp3) is 0.238. The van der Waals surface area contributed by atoms with Gasteiger partial charge in [-0.05, 0) is 60.5 Å². The van der Waals surface area contributed by atoms with Gasteiger partial charge in [0.2, 0.25) is 5.82 Å². The van der Waals surface area contributed by atoms with E-state index in [1.807, 2.05) is 0 Å². The Bertz CT molecular complexity index is 1140. The molecule has 1 heterocycles. The first kappa shape index (κ1) is 23.7. The molecular formula is C21H16BrF5N2O3. The van der Waals surface area contributed by atoms with Gasteiger partial charge in [-0.2, -0.15) is 10.1 Å². The molecule has 11 heteroatoms. The largest absolute Gasteiger partial charge is 0.490 e. The lowest BCUT2D eigenvalue weighted by atomic mass is 10.1. The van der Waals surface area contributed by atoms with Crippen LogP contribution in [-0.4, -0.2) is 24.8 Å². The molecule has 0 unspecified atom stereocenters. The standard InChI is InChI=1S/C21H16BrF5N2O3/c1-4-31-13-8-10(7-12(22)20(13)32-5-2)6-11-9(3)28-29(21(11)30)19-17(26)15(24)14(23)16(25)18(19)27/h6-8H,4-5H2,1-3H3/b11-6-. The normalized spacial score (nSPS) is 14.9. The molecule has 0 bridgehead atoms. The number of amides is 1. The van der Waals surface area contributed by atoms with Gasteiger partial charge in [0.25, 0.3) is 5.91 Å². The summed E-state index contributed by atoms with van der Waals surface area (Å²) in [7, 11) is 0. The quantitative estimate of drug-likeness (QED) is 0.212. The van der Waals surface area contributed by atoms with Crippen LogP contribution in [0, 0.1) is 29.1 Å². The second kappa shape index (κ2) is 9.27. The van der Waals surface area contributed by atoms with Gasteiger partial charge in [0.05, 0.1) is 29.0 Å². The van der Waals surface area contributed by atoms with Gasteiger partial charge in [-0.1, -0.05) is 0 Å². The van der Waals surface area contributed by atoms with E-state index in [0.29, 0.717) is 34.7 Å². The van der Waals surface area contributed by atoms with Crippen LogP contribution in [0.2, 0.25) is 0 Å². The molecule has 0 atom stereocenters. The highest BCUT2D eigenvalue weighted by atomic mass is 79.9. The molecule has 0 aromatic heterocycles. The third kappa shape index (κ3) is 4.08. The Morgan fingerprint density at radius 1 is 0.969 bits per heavy atom. The molecule has 1 amide bonds. The smallest absolute Gasteiger partial charge is 0.280 e. The predicted molar refractivity (Wildman–Crippen MR) is 111 cm³/mol. The Labute approximate surface area is 188 Å². The molecular weight excluding hydrogens is 503 g/mol. The SMILES string of the molecule is CCOc1cc(/C=C2\C(=O)N(c3c(F)c(F)c(F)c(F)c3F)N=C2C)cc(Br)c1OCC. The number of carbonyl (C=O) groups excluding carboxylic acids is 1. The summed E-state index contributed by atoms with van der Waals surface area (Å²) in [5.41, 5.74) is -1.09. The molecule has 2 aromatic rings. The van der Waals surface area contributed by atoms with E-state index in [2.05, 4.69) is 21.0 Å². The van der Waals surface area contributed by atoms with Gasteiger partial charge in [0.15, 0.2) is 34.8 Å². The molecule has 5 nitrogen and oxygen atoms in total. The summed E-state index contributed by atoms with van der Waals surface area (Å²) < 4.78 is 80.5. The number of hydrazone groups is 1. The first-order valence-corrected chi connectivity index (χ1v) is 10.1. The number of anilines is 1. The Balaban J connectivity index is 2.07. The van der Waals surface area contributed by atoms with Crippen LogP contribution in [0.15, 0.2) is 27.3 Å². The number of halogens is 6. The number of nitrogens with zero attached hydrogens (tertiary/aromatic N) is 2. The van der Waals surface area contributed by atoms with E-state index in [4.69, 9.17) is 9.47 Å². The van der Waals surface area contributed by atoms with Crippen LogP contribution < -0.4 is 14.5 Å². The van der Waals surface area contributed by atoms with E-state index in [1.165, 1.54) is 13.0 Å². The first-order valence-electron chi connectivity index (χ1n) is 9.34. The predicted octanol–water partition coefficient (Wildman–Crippen LogP) is 5.75. The molecule has 0 saturated heterocycles. The fourth-order valence-corrected chi connectivity index (χ4v) is 3.57. The third-order valence-electron chi connectivity index (χ3n) is 4.39. The zero-order valence-corrected chi connectivity index (χ0v) is 18.6. The van der Waals surface area contributed by atoms with E-state index >= 15 is 0 Å². The lowest BCUT2D eigenvalue weighted by Crippen LogP contribution is -2.25. The molecule has 0 N–H and O–H groups in total. The Hall–Kier alpha value is -2.95. The Morgan fingerprint density at radius 3 is 2.09 bits per heavy atom. The molecule has 0 saturated carbocycles. The summed E-state index contributed by atoms with van der Waals surface area (Å²) in [6.07, 6.45) is 1.36. The average molecular weight is 519 g/mol. The van der Waals surface area contributed by atoms with Crippen LogP contribution in [0.4, 0.5) is 27.6 Å². The van der Waals surface area contributed by atoms with E-state index in [9.17, 15) is 26.7 Å². The minimum Gasteiger partial charge on any atom is -0.490 e. The molecule has 0 aliphatic carbocycles. The Morgan fingerprint density at radius 2 is 1.53 bits per heavy atom. The highest BCUT2D eigenvalue weighted by Crippen LogP contribution is 2.38. The monoisotopic (exact) mass is 518 g/mol. The van der Waals surface area contributed by atoms with Gasteiger partial charge in [0.1, 0.15) is 5.69 Å². The molecule has 0 spiro atoms. The second-order valence-electron chi connectivity index (χ2n) is 6.47. The van der Waals surface area contributed by atoms with Crippen molar-refractivity contribution in [2.45, 2.75) is 20.8 Å². The van der Waals surface area contributed by atoms with Crippen LogP contribution in [0.25, 0.3) is 6.08 Å². The summed E-state index contributed by atoms with van der Waals surface area (Å²) in [4.78, 5) is 12.8. The summed E-state index contributed by atoms with van der Waals surface area (Å²) in [6, 6.07) is 3.19. The molecule has 0 fully saturated rings. The van der Waals surface area contributed by atoms with Gasteiger partial charge < -0.3 is 9.47 Å². The topological polar surface area (TPSA) is 51.1 Å². The minimum absolute atomic E-state index is 0.0157. The number of hydrogen-bond donors (Lipinski definition) is 0. The fourth-order valence-electron chi connectivity index (χ4n) is 3.00. The highest BCUT2D eigenvalue weighted by Gasteiger charge is 2.37. The lowest BCUT2D eigenvalue weighted by Gasteiger charge is -2.15.